The SMILES string of the molecule is Fc1cccc(Cl)c1NCC1CCC=CO1. The van der Waals surface area contributed by atoms with Crippen LogP contribution >= 0.6 is 11.6 Å². The smallest absolute Gasteiger partial charge is 0.147 e. The molecule has 0 bridgehead atoms. The predicted octanol–water partition coefficient (Wildman–Crippen LogP) is 3.58. The molecule has 2 rings (SSSR count). The molecule has 1 heterocycles. The fourth-order valence-electron chi connectivity index (χ4n) is 1.62. The largest absolute Gasteiger partial charge is 0.497 e. The van der Waals surface area contributed by atoms with E-state index in [0.29, 0.717) is 17.3 Å². The van der Waals surface area contributed by atoms with Crippen LogP contribution in [-0.2, 0) is 4.74 Å². The lowest BCUT2D eigenvalue weighted by Gasteiger charge is -2.20. The molecular weight excluding hydrogens is 229 g/mol. The summed E-state index contributed by atoms with van der Waals surface area (Å²) in [5, 5.41) is 3.38. The third-order valence-corrected chi connectivity index (χ3v) is 2.81. The van der Waals surface area contributed by atoms with Gasteiger partial charge in [0.05, 0.1) is 23.5 Å². The molecule has 1 unspecified atom stereocenters. The van der Waals surface area contributed by atoms with Gasteiger partial charge in [-0.2, -0.15) is 0 Å². The summed E-state index contributed by atoms with van der Waals surface area (Å²) >= 11 is 5.89. The number of rotatable bonds is 3. The highest BCUT2D eigenvalue weighted by atomic mass is 35.5. The predicted molar refractivity (Wildman–Crippen MR) is 63.1 cm³/mol. The lowest BCUT2D eigenvalue weighted by molar-refractivity contribution is 0.135. The minimum Gasteiger partial charge on any atom is -0.497 e. The fourth-order valence-corrected chi connectivity index (χ4v) is 1.85. The summed E-state index contributed by atoms with van der Waals surface area (Å²) in [4.78, 5) is 0. The molecule has 0 fully saturated rings. The zero-order valence-corrected chi connectivity index (χ0v) is 9.51. The molecule has 4 heteroatoms. The molecule has 1 aliphatic rings. The first-order chi connectivity index (χ1) is 7.77. The molecule has 0 spiro atoms. The fraction of sp³-hybridized carbons (Fsp3) is 0.333. The molecule has 0 radical (unpaired) electrons. The van der Waals surface area contributed by atoms with Crippen molar-refractivity contribution in [1.82, 2.24) is 0 Å². The van der Waals surface area contributed by atoms with Crippen molar-refractivity contribution in [2.45, 2.75) is 18.9 Å². The van der Waals surface area contributed by atoms with Gasteiger partial charge in [0.15, 0.2) is 0 Å². The molecule has 0 saturated heterocycles. The average Bonchev–Trinajstić information content (AvgIpc) is 2.30. The lowest BCUT2D eigenvalue weighted by Crippen LogP contribution is -2.23. The molecule has 1 N–H and O–H groups in total. The number of hydrogen-bond acceptors (Lipinski definition) is 2. The van der Waals surface area contributed by atoms with Crippen molar-refractivity contribution >= 4 is 17.3 Å². The summed E-state index contributed by atoms with van der Waals surface area (Å²) in [7, 11) is 0. The van der Waals surface area contributed by atoms with Crippen molar-refractivity contribution < 1.29 is 9.13 Å². The Balaban J connectivity index is 1.96. The first-order valence-corrected chi connectivity index (χ1v) is 5.63. The molecule has 1 aromatic carbocycles. The maximum absolute atomic E-state index is 13.4. The molecule has 0 saturated carbocycles. The van der Waals surface area contributed by atoms with Crippen molar-refractivity contribution in [2.24, 2.45) is 0 Å². The molecule has 2 nitrogen and oxygen atoms in total. The second kappa shape index (κ2) is 5.21. The van der Waals surface area contributed by atoms with Gasteiger partial charge in [0.25, 0.3) is 0 Å². The van der Waals surface area contributed by atoms with Gasteiger partial charge in [-0.25, -0.2) is 4.39 Å². The Kier molecular flexibility index (Phi) is 3.67. The van der Waals surface area contributed by atoms with E-state index in [1.807, 2.05) is 6.08 Å². The van der Waals surface area contributed by atoms with Crippen molar-refractivity contribution in [3.63, 3.8) is 0 Å². The molecule has 1 atom stereocenters. The first kappa shape index (κ1) is 11.3. The van der Waals surface area contributed by atoms with E-state index in [1.165, 1.54) is 6.07 Å². The third kappa shape index (κ3) is 2.67. The summed E-state index contributed by atoms with van der Waals surface area (Å²) in [5.74, 6) is -0.334. The van der Waals surface area contributed by atoms with E-state index in [-0.39, 0.29) is 11.9 Å². The Morgan fingerprint density at radius 1 is 1.50 bits per heavy atom. The van der Waals surface area contributed by atoms with Crippen molar-refractivity contribution in [2.75, 3.05) is 11.9 Å². The number of hydrogen-bond donors (Lipinski definition) is 1. The standard InChI is InChI=1S/C12H13ClFNO/c13-10-5-3-6-11(14)12(10)15-8-9-4-1-2-7-16-9/h2-3,5-7,9,15H,1,4,8H2. The molecule has 1 aliphatic heterocycles. The Hall–Kier alpha value is -1.22. The van der Waals surface area contributed by atoms with E-state index < -0.39 is 0 Å². The van der Waals surface area contributed by atoms with E-state index in [1.54, 1.807) is 18.4 Å². The Labute approximate surface area is 99.1 Å². The van der Waals surface area contributed by atoms with Crippen LogP contribution in [0.2, 0.25) is 5.02 Å². The second-order valence-electron chi connectivity index (χ2n) is 3.68. The summed E-state index contributed by atoms with van der Waals surface area (Å²) in [6.07, 6.45) is 5.69. The van der Waals surface area contributed by atoms with Gasteiger partial charge >= 0.3 is 0 Å². The quantitative estimate of drug-likeness (QED) is 0.873. The first-order valence-electron chi connectivity index (χ1n) is 5.26. The maximum atomic E-state index is 13.4. The van der Waals surface area contributed by atoms with Crippen LogP contribution in [0.25, 0.3) is 0 Å². The van der Waals surface area contributed by atoms with Gasteiger partial charge in [-0.3, -0.25) is 0 Å². The third-order valence-electron chi connectivity index (χ3n) is 2.49. The summed E-state index contributed by atoms with van der Waals surface area (Å²) in [6, 6.07) is 4.63. The van der Waals surface area contributed by atoms with E-state index in [9.17, 15) is 4.39 Å². The maximum Gasteiger partial charge on any atom is 0.147 e. The van der Waals surface area contributed by atoms with Gasteiger partial charge in [-0.05, 0) is 31.1 Å². The second-order valence-corrected chi connectivity index (χ2v) is 4.09. The lowest BCUT2D eigenvalue weighted by atomic mass is 10.1. The van der Waals surface area contributed by atoms with Crippen LogP contribution in [0.15, 0.2) is 30.5 Å². The van der Waals surface area contributed by atoms with Crippen LogP contribution in [0.5, 0.6) is 0 Å². The van der Waals surface area contributed by atoms with E-state index in [0.717, 1.165) is 12.8 Å². The van der Waals surface area contributed by atoms with Crippen molar-refractivity contribution in [3.05, 3.63) is 41.4 Å². The highest BCUT2D eigenvalue weighted by molar-refractivity contribution is 6.33. The Morgan fingerprint density at radius 2 is 2.38 bits per heavy atom. The van der Waals surface area contributed by atoms with E-state index >= 15 is 0 Å². The zero-order chi connectivity index (χ0) is 11.4. The number of ether oxygens (including phenoxy) is 1. The van der Waals surface area contributed by atoms with E-state index in [4.69, 9.17) is 16.3 Å². The number of benzene rings is 1. The van der Waals surface area contributed by atoms with Gasteiger partial charge in [0.1, 0.15) is 11.9 Å². The van der Waals surface area contributed by atoms with Crippen LogP contribution in [0, 0.1) is 5.82 Å². The van der Waals surface area contributed by atoms with E-state index in [2.05, 4.69) is 5.32 Å². The topological polar surface area (TPSA) is 21.3 Å². The summed E-state index contributed by atoms with van der Waals surface area (Å²) in [5.41, 5.74) is 0.349. The van der Waals surface area contributed by atoms with Gasteiger partial charge < -0.3 is 10.1 Å². The minimum atomic E-state index is -0.334. The van der Waals surface area contributed by atoms with Crippen LogP contribution in [-0.4, -0.2) is 12.6 Å². The van der Waals surface area contributed by atoms with Gasteiger partial charge in [-0.1, -0.05) is 17.7 Å². The van der Waals surface area contributed by atoms with Crippen molar-refractivity contribution in [1.29, 1.82) is 0 Å². The minimum absolute atomic E-state index is 0.0840. The van der Waals surface area contributed by atoms with Gasteiger partial charge in [-0.15, -0.1) is 0 Å². The summed E-state index contributed by atoms with van der Waals surface area (Å²) in [6.45, 7) is 0.561. The highest BCUT2D eigenvalue weighted by Gasteiger charge is 2.13. The number of allylic oxidation sites excluding steroid dienone is 1. The number of nitrogens with one attached hydrogen (secondary N) is 1. The van der Waals surface area contributed by atoms with Gasteiger partial charge in [0, 0.05) is 0 Å². The Morgan fingerprint density at radius 3 is 3.06 bits per heavy atom. The average molecular weight is 242 g/mol. The molecule has 0 aliphatic carbocycles. The molecule has 0 aromatic heterocycles. The Bertz CT molecular complexity index is 374. The molecule has 0 amide bonds. The zero-order valence-electron chi connectivity index (χ0n) is 8.75. The van der Waals surface area contributed by atoms with Crippen molar-refractivity contribution in [3.8, 4) is 0 Å². The van der Waals surface area contributed by atoms with Crippen LogP contribution < -0.4 is 5.32 Å². The monoisotopic (exact) mass is 241 g/mol. The van der Waals surface area contributed by atoms with Crippen LogP contribution in [0.4, 0.5) is 10.1 Å². The van der Waals surface area contributed by atoms with Crippen LogP contribution in [0.3, 0.4) is 0 Å². The molecule has 1 aromatic rings. The number of halogens is 2. The normalized spacial score (nSPS) is 19.2. The van der Waals surface area contributed by atoms with Crippen LogP contribution in [0.1, 0.15) is 12.8 Å². The molecular formula is C12H13ClFNO. The van der Waals surface area contributed by atoms with Gasteiger partial charge in [0.2, 0.25) is 0 Å². The molecule has 86 valence electrons. The summed E-state index contributed by atoms with van der Waals surface area (Å²) < 4.78 is 18.8. The highest BCUT2D eigenvalue weighted by Crippen LogP contribution is 2.25. The number of anilines is 1. The molecule has 16 heavy (non-hydrogen) atoms. The number of para-hydroxylation sites is 1.